The van der Waals surface area contributed by atoms with Crippen LogP contribution in [0.3, 0.4) is 0 Å². The smallest absolute Gasteiger partial charge is 0.259 e. The number of hydrogen-bond donors (Lipinski definition) is 1. The van der Waals surface area contributed by atoms with Crippen LogP contribution >= 0.6 is 0 Å². The van der Waals surface area contributed by atoms with Gasteiger partial charge >= 0.3 is 0 Å². The predicted octanol–water partition coefficient (Wildman–Crippen LogP) is 2.62. The highest BCUT2D eigenvalue weighted by Crippen LogP contribution is 2.27. The molecule has 8 heteroatoms. The zero-order valence-corrected chi connectivity index (χ0v) is 20.7. The molecule has 0 aliphatic carbocycles. The van der Waals surface area contributed by atoms with Crippen molar-refractivity contribution in [3.8, 4) is 17.7 Å². The van der Waals surface area contributed by atoms with E-state index in [1.165, 1.54) is 6.33 Å². The molecule has 3 rings (SSSR count). The van der Waals surface area contributed by atoms with Gasteiger partial charge in [-0.25, -0.2) is 15.0 Å². The number of carbonyl (C=O) groups excluding carboxylic acids is 1. The second-order valence-corrected chi connectivity index (χ2v) is 9.54. The van der Waals surface area contributed by atoms with E-state index in [0.29, 0.717) is 42.6 Å². The van der Waals surface area contributed by atoms with E-state index in [9.17, 15) is 9.90 Å². The van der Waals surface area contributed by atoms with Crippen molar-refractivity contribution >= 4 is 5.91 Å². The molecule has 8 nitrogen and oxygen atoms in total. The van der Waals surface area contributed by atoms with Crippen molar-refractivity contribution in [3.63, 3.8) is 0 Å². The summed E-state index contributed by atoms with van der Waals surface area (Å²) < 4.78 is 6.35. The maximum atomic E-state index is 13.5. The van der Waals surface area contributed by atoms with Crippen molar-refractivity contribution in [2.75, 3.05) is 26.7 Å². The quantitative estimate of drug-likeness (QED) is 0.629. The molecule has 2 aromatic rings. The summed E-state index contributed by atoms with van der Waals surface area (Å²) in [5, 5.41) is 9.82. The Morgan fingerprint density at radius 2 is 2.00 bits per heavy atom. The number of amides is 1. The minimum Gasteiger partial charge on any atom is -0.472 e. The lowest BCUT2D eigenvalue weighted by molar-refractivity contribution is 0.0325. The Kier molecular flexibility index (Phi) is 8.97. The fraction of sp³-hybridized carbons (Fsp3) is 0.538. The lowest BCUT2D eigenvalue weighted by Crippen LogP contribution is -2.49. The molecule has 3 heterocycles. The highest BCUT2D eigenvalue weighted by atomic mass is 16.5. The van der Waals surface area contributed by atoms with Gasteiger partial charge in [-0.3, -0.25) is 9.69 Å². The number of rotatable bonds is 7. The van der Waals surface area contributed by atoms with Crippen LogP contribution in [-0.4, -0.2) is 74.7 Å². The van der Waals surface area contributed by atoms with Gasteiger partial charge in [0, 0.05) is 61.7 Å². The standard InChI is InChI=1S/C26H35N5O3/c1-18(2)7-6-8-21-9-23-25(29-12-21)34-24(15-30(5)14-22-10-27-17-28-11-22)19(3)13-31(26(23)33)20(4)16-32/h9-12,17-20,24,32H,7,13-16H2,1-5H3/t19-,20+,24+/m0/s1. The second kappa shape index (κ2) is 11.9. The van der Waals surface area contributed by atoms with E-state index in [0.717, 1.165) is 12.0 Å². The van der Waals surface area contributed by atoms with E-state index in [2.05, 4.69) is 52.5 Å². The molecule has 0 radical (unpaired) electrons. The summed E-state index contributed by atoms with van der Waals surface area (Å²) >= 11 is 0. The summed E-state index contributed by atoms with van der Waals surface area (Å²) in [6.07, 6.45) is 7.34. The average molecular weight is 466 g/mol. The lowest BCUT2D eigenvalue weighted by Gasteiger charge is -2.37. The van der Waals surface area contributed by atoms with Gasteiger partial charge in [0.25, 0.3) is 5.91 Å². The van der Waals surface area contributed by atoms with E-state index in [-0.39, 0.29) is 30.6 Å². The Balaban J connectivity index is 1.89. The molecule has 1 N–H and O–H groups in total. The highest BCUT2D eigenvalue weighted by molar-refractivity contribution is 5.97. The first-order valence-electron chi connectivity index (χ1n) is 11.8. The molecular formula is C26H35N5O3. The second-order valence-electron chi connectivity index (χ2n) is 9.54. The van der Waals surface area contributed by atoms with Crippen LogP contribution in [0, 0.1) is 23.7 Å². The highest BCUT2D eigenvalue weighted by Gasteiger charge is 2.34. The number of carbonyl (C=O) groups is 1. The molecule has 0 unspecified atom stereocenters. The topological polar surface area (TPSA) is 91.7 Å². The van der Waals surface area contributed by atoms with Gasteiger partial charge in [-0.05, 0) is 26.0 Å². The van der Waals surface area contributed by atoms with E-state index in [1.807, 2.05) is 14.0 Å². The van der Waals surface area contributed by atoms with E-state index < -0.39 is 0 Å². The first-order chi connectivity index (χ1) is 16.3. The van der Waals surface area contributed by atoms with Crippen molar-refractivity contribution in [2.45, 2.75) is 52.8 Å². The summed E-state index contributed by atoms with van der Waals surface area (Å²) in [6.45, 7) is 9.79. The normalized spacial score (nSPS) is 19.1. The van der Waals surface area contributed by atoms with E-state index in [4.69, 9.17) is 4.74 Å². The fourth-order valence-corrected chi connectivity index (χ4v) is 3.84. The largest absolute Gasteiger partial charge is 0.472 e. The van der Waals surface area contributed by atoms with Crippen LogP contribution in [0.4, 0.5) is 0 Å². The molecule has 182 valence electrons. The first-order valence-corrected chi connectivity index (χ1v) is 11.8. The van der Waals surface area contributed by atoms with Crippen LogP contribution in [-0.2, 0) is 6.54 Å². The number of nitrogens with zero attached hydrogens (tertiary/aromatic N) is 5. The first kappa shape index (κ1) is 25.6. The molecule has 0 aromatic carbocycles. The molecule has 1 aliphatic rings. The van der Waals surface area contributed by atoms with Gasteiger partial charge in [-0.1, -0.05) is 32.6 Å². The molecule has 0 saturated heterocycles. The summed E-state index contributed by atoms with van der Waals surface area (Å²) in [6, 6.07) is 1.43. The van der Waals surface area contributed by atoms with Crippen molar-refractivity contribution < 1.29 is 14.6 Å². The van der Waals surface area contributed by atoms with Crippen molar-refractivity contribution in [1.82, 2.24) is 24.8 Å². The van der Waals surface area contributed by atoms with Crippen LogP contribution < -0.4 is 4.74 Å². The van der Waals surface area contributed by atoms with Gasteiger partial charge in [-0.2, -0.15) is 0 Å². The summed E-state index contributed by atoms with van der Waals surface area (Å²) in [4.78, 5) is 30.0. The Morgan fingerprint density at radius 3 is 2.68 bits per heavy atom. The van der Waals surface area contributed by atoms with Gasteiger partial charge < -0.3 is 14.7 Å². The number of pyridine rings is 1. The molecule has 0 bridgehead atoms. The van der Waals surface area contributed by atoms with Crippen LogP contribution in [0.5, 0.6) is 5.88 Å². The Bertz CT molecular complexity index is 1020. The number of aliphatic hydroxyl groups excluding tert-OH is 1. The number of likely N-dealkylation sites (N-methyl/N-ethyl adjacent to an activating group) is 1. The molecule has 2 aromatic heterocycles. The predicted molar refractivity (Wildman–Crippen MR) is 130 cm³/mol. The Labute approximate surface area is 202 Å². The molecule has 0 spiro atoms. The van der Waals surface area contributed by atoms with Crippen LogP contribution in [0.2, 0.25) is 0 Å². The van der Waals surface area contributed by atoms with Gasteiger partial charge in [0.15, 0.2) is 0 Å². The third-order valence-electron chi connectivity index (χ3n) is 5.82. The molecule has 1 amide bonds. The maximum absolute atomic E-state index is 13.5. The van der Waals surface area contributed by atoms with Crippen molar-refractivity contribution in [1.29, 1.82) is 0 Å². The number of aromatic nitrogens is 3. The molecule has 0 fully saturated rings. The van der Waals surface area contributed by atoms with Crippen molar-refractivity contribution in [3.05, 3.63) is 47.7 Å². The van der Waals surface area contributed by atoms with Crippen molar-refractivity contribution in [2.24, 2.45) is 11.8 Å². The van der Waals surface area contributed by atoms with Crippen LogP contribution in [0.1, 0.15) is 55.6 Å². The number of ether oxygens (including phenoxy) is 1. The SMILES string of the molecule is CC(C)CC#Cc1cnc2c(c1)C(=O)N([C@H](C)CO)C[C@H](C)[C@@H](CN(C)Cc1cncnc1)O2. The minimum absolute atomic E-state index is 0.0212. The Hall–Kier alpha value is -3.02. The average Bonchev–Trinajstić information content (AvgIpc) is 2.81. The van der Waals surface area contributed by atoms with E-state index in [1.54, 1.807) is 29.6 Å². The Morgan fingerprint density at radius 1 is 1.26 bits per heavy atom. The van der Waals surface area contributed by atoms with Crippen LogP contribution in [0.15, 0.2) is 31.0 Å². The molecule has 1 aliphatic heterocycles. The summed E-state index contributed by atoms with van der Waals surface area (Å²) in [5.41, 5.74) is 2.07. The number of hydrogen-bond acceptors (Lipinski definition) is 7. The third-order valence-corrected chi connectivity index (χ3v) is 5.82. The molecule has 0 saturated carbocycles. The zero-order valence-electron chi connectivity index (χ0n) is 20.7. The zero-order chi connectivity index (χ0) is 24.7. The monoisotopic (exact) mass is 465 g/mol. The maximum Gasteiger partial charge on any atom is 0.259 e. The molecular weight excluding hydrogens is 430 g/mol. The third kappa shape index (κ3) is 6.75. The lowest BCUT2D eigenvalue weighted by atomic mass is 9.99. The van der Waals surface area contributed by atoms with Gasteiger partial charge in [0.05, 0.1) is 12.6 Å². The summed E-state index contributed by atoms with van der Waals surface area (Å²) in [5.74, 6) is 6.86. The van der Waals surface area contributed by atoms with Gasteiger partial charge in [0.2, 0.25) is 5.88 Å². The summed E-state index contributed by atoms with van der Waals surface area (Å²) in [7, 11) is 2.02. The van der Waals surface area contributed by atoms with Gasteiger partial charge in [0.1, 0.15) is 18.0 Å². The minimum atomic E-state index is -0.323. The molecule has 34 heavy (non-hydrogen) atoms. The number of aliphatic hydroxyl groups is 1. The molecule has 3 atom stereocenters. The van der Waals surface area contributed by atoms with Gasteiger partial charge in [-0.15, -0.1) is 0 Å². The fourth-order valence-electron chi connectivity index (χ4n) is 3.84. The van der Waals surface area contributed by atoms with Crippen LogP contribution in [0.25, 0.3) is 0 Å². The number of fused-ring (bicyclic) bond motifs is 1. The van der Waals surface area contributed by atoms with E-state index >= 15 is 0 Å².